The lowest BCUT2D eigenvalue weighted by Crippen LogP contribution is -2.57. The third-order valence-corrected chi connectivity index (χ3v) is 5.63. The summed E-state index contributed by atoms with van der Waals surface area (Å²) < 4.78 is 0. The normalized spacial score (nSPS) is 18.3. The second-order valence-corrected chi connectivity index (χ2v) is 8.88. The number of guanidine groups is 1. The standard InChI is InChI=1S/C20H37N7O5S/c1-11(2)9-13(25-16(28)12(21)5-3-7-24-20(22)23)18(30)27-8-4-6-15(27)17(29)26-14(10-33)19(31)32/h11-15,33H,3-10,21H2,1-2H3,(H,25,28)(H,26,29)(H,31,32)(H4,22,23,24). The number of aliphatic imine (C=N–C) groups is 1. The van der Waals surface area contributed by atoms with Crippen LogP contribution >= 0.6 is 12.6 Å². The van der Waals surface area contributed by atoms with E-state index < -0.39 is 42.0 Å². The van der Waals surface area contributed by atoms with Gasteiger partial charge in [0.2, 0.25) is 17.7 Å². The van der Waals surface area contributed by atoms with E-state index in [9.17, 15) is 19.2 Å². The number of aliphatic carboxylic acids is 1. The molecule has 1 heterocycles. The molecule has 1 rings (SSSR count). The van der Waals surface area contributed by atoms with E-state index in [-0.39, 0.29) is 23.5 Å². The zero-order chi connectivity index (χ0) is 25.1. The van der Waals surface area contributed by atoms with Gasteiger partial charge in [-0.3, -0.25) is 19.4 Å². The van der Waals surface area contributed by atoms with Gasteiger partial charge in [0.05, 0.1) is 6.04 Å². The SMILES string of the molecule is CC(C)CC(NC(=O)C(N)CCCN=C(N)N)C(=O)N1CCCC1C(=O)NC(CS)C(=O)O. The molecule has 1 fully saturated rings. The van der Waals surface area contributed by atoms with Gasteiger partial charge in [-0.15, -0.1) is 0 Å². The van der Waals surface area contributed by atoms with Gasteiger partial charge in [0.25, 0.3) is 0 Å². The first-order valence-corrected chi connectivity index (χ1v) is 11.7. The lowest BCUT2D eigenvalue weighted by Gasteiger charge is -2.30. The van der Waals surface area contributed by atoms with Crippen molar-refractivity contribution >= 4 is 42.3 Å². The molecule has 1 aliphatic heterocycles. The molecule has 0 aromatic carbocycles. The van der Waals surface area contributed by atoms with Crippen molar-refractivity contribution in [2.75, 3.05) is 18.8 Å². The van der Waals surface area contributed by atoms with Crippen molar-refractivity contribution < 1.29 is 24.3 Å². The van der Waals surface area contributed by atoms with Crippen molar-refractivity contribution in [2.45, 2.75) is 70.1 Å². The molecule has 4 atom stereocenters. The molecule has 12 nitrogen and oxygen atoms in total. The number of amides is 3. The van der Waals surface area contributed by atoms with Crippen molar-refractivity contribution in [2.24, 2.45) is 28.1 Å². The monoisotopic (exact) mass is 487 g/mol. The molecule has 0 spiro atoms. The van der Waals surface area contributed by atoms with Crippen LogP contribution < -0.4 is 27.8 Å². The van der Waals surface area contributed by atoms with Crippen LogP contribution in [-0.4, -0.2) is 82.7 Å². The van der Waals surface area contributed by atoms with E-state index in [2.05, 4.69) is 28.3 Å². The van der Waals surface area contributed by atoms with Crippen LogP contribution in [0.3, 0.4) is 0 Å². The first kappa shape index (κ1) is 28.5. The van der Waals surface area contributed by atoms with E-state index in [1.54, 1.807) is 0 Å². The summed E-state index contributed by atoms with van der Waals surface area (Å²) in [6.45, 7) is 4.51. The predicted molar refractivity (Wildman–Crippen MR) is 127 cm³/mol. The molecule has 0 bridgehead atoms. The summed E-state index contributed by atoms with van der Waals surface area (Å²) in [5.41, 5.74) is 16.5. The van der Waals surface area contributed by atoms with Gasteiger partial charge >= 0.3 is 5.97 Å². The maximum atomic E-state index is 13.3. The lowest BCUT2D eigenvalue weighted by atomic mass is 10.0. The molecule has 13 heteroatoms. The zero-order valence-electron chi connectivity index (χ0n) is 19.2. The van der Waals surface area contributed by atoms with Crippen molar-refractivity contribution in [3.63, 3.8) is 0 Å². The molecule has 0 aromatic rings. The molecule has 188 valence electrons. The zero-order valence-corrected chi connectivity index (χ0v) is 20.1. The number of hydrogen-bond acceptors (Lipinski definition) is 7. The summed E-state index contributed by atoms with van der Waals surface area (Å²) in [5.74, 6) is -2.63. The molecule has 0 aromatic heterocycles. The number of thiol groups is 1. The average Bonchev–Trinajstić information content (AvgIpc) is 3.22. The Morgan fingerprint density at radius 2 is 1.85 bits per heavy atom. The molecular weight excluding hydrogens is 450 g/mol. The number of carbonyl (C=O) groups excluding carboxylic acids is 3. The van der Waals surface area contributed by atoms with Gasteiger partial charge in [-0.25, -0.2) is 4.79 Å². The minimum atomic E-state index is -1.20. The van der Waals surface area contributed by atoms with E-state index >= 15 is 0 Å². The number of carboxylic acids is 1. The molecule has 0 aliphatic carbocycles. The molecule has 1 saturated heterocycles. The molecule has 33 heavy (non-hydrogen) atoms. The Morgan fingerprint density at radius 3 is 2.39 bits per heavy atom. The first-order valence-electron chi connectivity index (χ1n) is 11.0. The second kappa shape index (κ2) is 13.9. The summed E-state index contributed by atoms with van der Waals surface area (Å²) in [6, 6.07) is -3.65. The Morgan fingerprint density at radius 1 is 1.18 bits per heavy atom. The summed E-state index contributed by atoms with van der Waals surface area (Å²) in [5, 5.41) is 14.3. The van der Waals surface area contributed by atoms with Crippen LogP contribution in [0.25, 0.3) is 0 Å². The molecule has 0 saturated carbocycles. The second-order valence-electron chi connectivity index (χ2n) is 8.52. The van der Waals surface area contributed by atoms with Crippen molar-refractivity contribution in [3.05, 3.63) is 0 Å². The molecular formula is C20H37N7O5S. The van der Waals surface area contributed by atoms with Crippen LogP contribution in [0, 0.1) is 5.92 Å². The Labute approximate surface area is 199 Å². The van der Waals surface area contributed by atoms with Gasteiger partial charge < -0.3 is 37.8 Å². The highest BCUT2D eigenvalue weighted by Crippen LogP contribution is 2.21. The van der Waals surface area contributed by atoms with Gasteiger partial charge in [-0.05, 0) is 38.0 Å². The Bertz CT molecular complexity index is 730. The van der Waals surface area contributed by atoms with Crippen LogP contribution in [-0.2, 0) is 19.2 Å². The van der Waals surface area contributed by atoms with Gasteiger partial charge in [0.1, 0.15) is 18.1 Å². The summed E-state index contributed by atoms with van der Waals surface area (Å²) in [4.78, 5) is 55.0. The highest BCUT2D eigenvalue weighted by atomic mass is 32.1. The smallest absolute Gasteiger partial charge is 0.327 e. The highest BCUT2D eigenvalue weighted by Gasteiger charge is 2.39. The molecule has 4 unspecified atom stereocenters. The van der Waals surface area contributed by atoms with Crippen LogP contribution in [0.5, 0.6) is 0 Å². The van der Waals surface area contributed by atoms with Crippen molar-refractivity contribution in [1.82, 2.24) is 15.5 Å². The van der Waals surface area contributed by atoms with E-state index in [4.69, 9.17) is 22.3 Å². The van der Waals surface area contributed by atoms with E-state index in [1.165, 1.54) is 4.90 Å². The quantitative estimate of drug-likeness (QED) is 0.0694. The van der Waals surface area contributed by atoms with E-state index in [1.807, 2.05) is 13.8 Å². The van der Waals surface area contributed by atoms with Gasteiger partial charge in [-0.2, -0.15) is 12.6 Å². The predicted octanol–water partition coefficient (Wildman–Crippen LogP) is -1.61. The summed E-state index contributed by atoms with van der Waals surface area (Å²) >= 11 is 3.95. The van der Waals surface area contributed by atoms with Gasteiger partial charge in [0, 0.05) is 18.8 Å². The van der Waals surface area contributed by atoms with Crippen LogP contribution in [0.15, 0.2) is 4.99 Å². The Balaban J connectivity index is 2.84. The first-order chi connectivity index (χ1) is 15.5. The third-order valence-electron chi connectivity index (χ3n) is 5.26. The van der Waals surface area contributed by atoms with Crippen LogP contribution in [0.1, 0.15) is 46.0 Å². The molecule has 3 amide bonds. The van der Waals surface area contributed by atoms with E-state index in [0.717, 1.165) is 0 Å². The highest BCUT2D eigenvalue weighted by molar-refractivity contribution is 7.80. The number of nitrogens with one attached hydrogen (secondary N) is 2. The Hall–Kier alpha value is -2.54. The summed E-state index contributed by atoms with van der Waals surface area (Å²) in [7, 11) is 0. The van der Waals surface area contributed by atoms with Crippen LogP contribution in [0.2, 0.25) is 0 Å². The maximum Gasteiger partial charge on any atom is 0.327 e. The number of likely N-dealkylation sites (tertiary alicyclic amines) is 1. The minimum absolute atomic E-state index is 0.0381. The number of carbonyl (C=O) groups is 4. The molecule has 1 aliphatic rings. The lowest BCUT2D eigenvalue weighted by molar-refractivity contribution is -0.144. The van der Waals surface area contributed by atoms with Crippen LogP contribution in [0.4, 0.5) is 0 Å². The molecule has 9 N–H and O–H groups in total. The van der Waals surface area contributed by atoms with Gasteiger partial charge in [-0.1, -0.05) is 13.8 Å². The van der Waals surface area contributed by atoms with E-state index in [0.29, 0.717) is 45.2 Å². The largest absolute Gasteiger partial charge is 0.480 e. The van der Waals surface area contributed by atoms with Gasteiger partial charge in [0.15, 0.2) is 5.96 Å². The summed E-state index contributed by atoms with van der Waals surface area (Å²) in [6.07, 6.45) is 2.20. The topological polar surface area (TPSA) is 206 Å². The Kier molecular flexibility index (Phi) is 12.0. The fourth-order valence-corrected chi connectivity index (χ4v) is 3.83. The van der Waals surface area contributed by atoms with Crippen molar-refractivity contribution in [1.29, 1.82) is 0 Å². The number of nitrogens with zero attached hydrogens (tertiary/aromatic N) is 2. The number of carboxylic acid groups (broad SMARTS) is 1. The third kappa shape index (κ3) is 9.46. The van der Waals surface area contributed by atoms with Crippen molar-refractivity contribution in [3.8, 4) is 0 Å². The minimum Gasteiger partial charge on any atom is -0.480 e. The fraction of sp³-hybridized carbons (Fsp3) is 0.750. The number of nitrogens with two attached hydrogens (primary N) is 3. The molecule has 0 radical (unpaired) electrons. The number of hydrogen-bond donors (Lipinski definition) is 7. The fourth-order valence-electron chi connectivity index (χ4n) is 3.58. The number of rotatable bonds is 13. The maximum absolute atomic E-state index is 13.3. The average molecular weight is 488 g/mol.